The number of hydrogen-bond acceptors (Lipinski definition) is 5. The first-order chi connectivity index (χ1) is 15.7. The summed E-state index contributed by atoms with van der Waals surface area (Å²) < 4.78 is 26.2. The number of carbonyl (C=O) groups is 3. The van der Waals surface area contributed by atoms with Crippen LogP contribution in [0.25, 0.3) is 0 Å². The summed E-state index contributed by atoms with van der Waals surface area (Å²) in [5.74, 6) is -1.18. The number of nitrogens with one attached hydrogen (secondary N) is 1. The van der Waals surface area contributed by atoms with Crippen LogP contribution in [-0.2, 0) is 26.2 Å². The molecule has 8 nitrogen and oxygen atoms in total. The third-order valence-corrected chi connectivity index (χ3v) is 7.65. The lowest BCUT2D eigenvalue weighted by Gasteiger charge is -2.30. The van der Waals surface area contributed by atoms with Gasteiger partial charge in [0.05, 0.1) is 5.56 Å². The minimum absolute atomic E-state index is 0.0171. The number of fused-ring (bicyclic) bond motifs is 1. The van der Waals surface area contributed by atoms with Crippen molar-refractivity contribution < 1.29 is 22.8 Å². The van der Waals surface area contributed by atoms with Gasteiger partial charge in [-0.05, 0) is 42.7 Å². The number of likely N-dealkylation sites (N-methyl/N-ethyl adjacent to an activating group) is 1. The van der Waals surface area contributed by atoms with Gasteiger partial charge in [0.15, 0.2) is 0 Å². The molecule has 3 amide bonds. The summed E-state index contributed by atoms with van der Waals surface area (Å²) in [5.41, 5.74) is 0.946. The number of carbonyl (C=O) groups excluding carboxylic acids is 3. The molecule has 0 aliphatic carbocycles. The van der Waals surface area contributed by atoms with Crippen molar-refractivity contribution in [1.82, 2.24) is 14.5 Å². The molecule has 1 N–H and O–H groups in total. The maximum Gasteiger partial charge on any atom is 0.269 e. The standard InChI is InChI=1S/C23H26ClN3O5S/c1-3-19(22(29)25-2)26(15-16-10-12-17(24)13-11-16)21(28)9-6-14-27-23(30)18-7-4-5-8-20(18)33(27,31)32/h4-5,7-8,10-13,19H,3,6,9,14-15H2,1-2H3,(H,25,29)/t19-/m0/s1. The second kappa shape index (κ2) is 10.4. The first-order valence-corrected chi connectivity index (χ1v) is 12.4. The van der Waals surface area contributed by atoms with Gasteiger partial charge in [0.25, 0.3) is 15.9 Å². The second-order valence-corrected chi connectivity index (χ2v) is 9.94. The zero-order chi connectivity index (χ0) is 24.2. The number of rotatable bonds is 9. The number of benzene rings is 2. The van der Waals surface area contributed by atoms with Crippen molar-refractivity contribution >= 4 is 39.3 Å². The first-order valence-electron chi connectivity index (χ1n) is 10.6. The lowest BCUT2D eigenvalue weighted by atomic mass is 10.1. The second-order valence-electron chi connectivity index (χ2n) is 7.67. The van der Waals surface area contributed by atoms with E-state index >= 15 is 0 Å². The Hall–Kier alpha value is -2.91. The Morgan fingerprint density at radius 2 is 1.79 bits per heavy atom. The van der Waals surface area contributed by atoms with E-state index in [2.05, 4.69) is 5.32 Å². The lowest BCUT2D eigenvalue weighted by Crippen LogP contribution is -2.48. The molecular weight excluding hydrogens is 466 g/mol. The molecule has 0 aromatic heterocycles. The number of sulfonamides is 1. The zero-order valence-corrected chi connectivity index (χ0v) is 20.0. The highest BCUT2D eigenvalue weighted by Crippen LogP contribution is 2.30. The summed E-state index contributed by atoms with van der Waals surface area (Å²) >= 11 is 5.95. The third kappa shape index (κ3) is 5.20. The molecule has 3 rings (SSSR count). The monoisotopic (exact) mass is 491 g/mol. The Morgan fingerprint density at radius 3 is 2.39 bits per heavy atom. The number of hydrogen-bond donors (Lipinski definition) is 1. The van der Waals surface area contributed by atoms with Crippen LogP contribution in [0.3, 0.4) is 0 Å². The van der Waals surface area contributed by atoms with Crippen LogP contribution in [0.4, 0.5) is 0 Å². The summed E-state index contributed by atoms with van der Waals surface area (Å²) in [5, 5.41) is 3.15. The van der Waals surface area contributed by atoms with E-state index in [0.29, 0.717) is 11.4 Å². The van der Waals surface area contributed by atoms with E-state index in [-0.39, 0.29) is 48.2 Å². The molecule has 176 valence electrons. The molecular formula is C23H26ClN3O5S. The first kappa shape index (κ1) is 24.7. The summed E-state index contributed by atoms with van der Waals surface area (Å²) in [6.07, 6.45) is 0.531. The van der Waals surface area contributed by atoms with E-state index in [9.17, 15) is 22.8 Å². The van der Waals surface area contributed by atoms with Crippen LogP contribution >= 0.6 is 11.6 Å². The van der Waals surface area contributed by atoms with Crippen molar-refractivity contribution in [3.63, 3.8) is 0 Å². The molecule has 1 atom stereocenters. The molecule has 1 aliphatic heterocycles. The van der Waals surface area contributed by atoms with Gasteiger partial charge >= 0.3 is 0 Å². The van der Waals surface area contributed by atoms with Gasteiger partial charge in [0, 0.05) is 31.6 Å². The normalized spacial score (nSPS) is 15.1. The summed E-state index contributed by atoms with van der Waals surface area (Å²) in [6, 6.07) is 12.4. The van der Waals surface area contributed by atoms with Crippen molar-refractivity contribution in [3.8, 4) is 0 Å². The van der Waals surface area contributed by atoms with E-state index in [1.165, 1.54) is 24.1 Å². The van der Waals surface area contributed by atoms with E-state index in [0.717, 1.165) is 9.87 Å². The number of nitrogens with zero attached hydrogens (tertiary/aromatic N) is 2. The summed E-state index contributed by atoms with van der Waals surface area (Å²) in [4.78, 5) is 39.6. The minimum Gasteiger partial charge on any atom is -0.357 e. The fraction of sp³-hybridized carbons (Fsp3) is 0.348. The molecule has 0 unspecified atom stereocenters. The van der Waals surface area contributed by atoms with Crippen LogP contribution in [-0.4, -0.2) is 55.0 Å². The van der Waals surface area contributed by atoms with Gasteiger partial charge in [0.1, 0.15) is 10.9 Å². The van der Waals surface area contributed by atoms with Gasteiger partial charge in [-0.25, -0.2) is 12.7 Å². The fourth-order valence-electron chi connectivity index (χ4n) is 3.84. The lowest BCUT2D eigenvalue weighted by molar-refractivity contribution is -0.141. The van der Waals surface area contributed by atoms with E-state index in [1.807, 2.05) is 6.92 Å². The van der Waals surface area contributed by atoms with Crippen molar-refractivity contribution in [2.24, 2.45) is 0 Å². The molecule has 1 aliphatic rings. The molecule has 10 heteroatoms. The SMILES string of the molecule is CC[C@@H](C(=O)NC)N(Cc1ccc(Cl)cc1)C(=O)CCCN1C(=O)c2ccccc2S1(=O)=O. The van der Waals surface area contributed by atoms with Crippen LogP contribution in [0.2, 0.25) is 5.02 Å². The van der Waals surface area contributed by atoms with Gasteiger partial charge in [-0.15, -0.1) is 0 Å². The summed E-state index contributed by atoms with van der Waals surface area (Å²) in [7, 11) is -2.41. The molecule has 0 saturated carbocycles. The highest BCUT2D eigenvalue weighted by Gasteiger charge is 2.40. The average molecular weight is 492 g/mol. The Bertz CT molecular complexity index is 1150. The number of amides is 3. The fourth-order valence-corrected chi connectivity index (χ4v) is 5.58. The van der Waals surface area contributed by atoms with Crippen molar-refractivity contribution in [3.05, 3.63) is 64.7 Å². The summed E-state index contributed by atoms with van der Waals surface area (Å²) in [6.45, 7) is 1.90. The molecule has 0 radical (unpaired) electrons. The molecule has 0 saturated heterocycles. The van der Waals surface area contributed by atoms with Crippen LogP contribution in [0.5, 0.6) is 0 Å². The van der Waals surface area contributed by atoms with Crippen LogP contribution in [0, 0.1) is 0 Å². The molecule has 0 fully saturated rings. The predicted molar refractivity (Wildman–Crippen MR) is 124 cm³/mol. The maximum atomic E-state index is 13.1. The van der Waals surface area contributed by atoms with Crippen LogP contribution < -0.4 is 5.32 Å². The maximum absolute atomic E-state index is 13.1. The van der Waals surface area contributed by atoms with Crippen molar-refractivity contribution in [2.75, 3.05) is 13.6 Å². The van der Waals surface area contributed by atoms with Gasteiger partial charge in [-0.1, -0.05) is 42.8 Å². The largest absolute Gasteiger partial charge is 0.357 e. The van der Waals surface area contributed by atoms with Gasteiger partial charge in [-0.3, -0.25) is 14.4 Å². The quantitative estimate of drug-likeness (QED) is 0.581. The Labute approximate surface area is 198 Å². The topological polar surface area (TPSA) is 104 Å². The molecule has 0 bridgehead atoms. The predicted octanol–water partition coefficient (Wildman–Crippen LogP) is 2.82. The van der Waals surface area contributed by atoms with E-state index < -0.39 is 22.0 Å². The van der Waals surface area contributed by atoms with Crippen molar-refractivity contribution in [2.45, 2.75) is 43.7 Å². The van der Waals surface area contributed by atoms with E-state index in [1.54, 1.807) is 36.4 Å². The smallest absolute Gasteiger partial charge is 0.269 e. The zero-order valence-electron chi connectivity index (χ0n) is 18.5. The molecule has 0 spiro atoms. The third-order valence-electron chi connectivity index (χ3n) is 5.56. The average Bonchev–Trinajstić information content (AvgIpc) is 3.00. The molecule has 2 aromatic carbocycles. The van der Waals surface area contributed by atoms with Crippen molar-refractivity contribution in [1.29, 1.82) is 0 Å². The van der Waals surface area contributed by atoms with Gasteiger partial charge in [0.2, 0.25) is 11.8 Å². The molecule has 2 aromatic rings. The number of halogens is 1. The minimum atomic E-state index is -3.92. The molecule has 1 heterocycles. The van der Waals surface area contributed by atoms with Gasteiger partial charge < -0.3 is 10.2 Å². The highest BCUT2D eigenvalue weighted by atomic mass is 35.5. The van der Waals surface area contributed by atoms with Crippen LogP contribution in [0.15, 0.2) is 53.4 Å². The van der Waals surface area contributed by atoms with Crippen LogP contribution in [0.1, 0.15) is 42.1 Å². The van der Waals surface area contributed by atoms with E-state index in [4.69, 9.17) is 11.6 Å². The molecule has 33 heavy (non-hydrogen) atoms. The van der Waals surface area contributed by atoms with Gasteiger partial charge in [-0.2, -0.15) is 0 Å². The Balaban J connectivity index is 1.72. The Morgan fingerprint density at radius 1 is 1.12 bits per heavy atom. The highest BCUT2D eigenvalue weighted by molar-refractivity contribution is 7.90. The Kier molecular flexibility index (Phi) is 7.76.